The number of aryl methyl sites for hydroxylation is 1. The summed E-state index contributed by atoms with van der Waals surface area (Å²) in [6.45, 7) is 1.78. The molecule has 0 aliphatic heterocycles. The Bertz CT molecular complexity index is 999. The Morgan fingerprint density at radius 2 is 1.83 bits per heavy atom. The average Bonchev–Trinajstić information content (AvgIpc) is 2.55. The minimum atomic E-state index is -0.323. The number of halogens is 2. The molecule has 0 unspecified atom stereocenters. The maximum atomic E-state index is 13.1. The monoisotopic (exact) mass is 364 g/mol. The first-order valence-corrected chi connectivity index (χ1v) is 7.84. The fourth-order valence-electron chi connectivity index (χ4n) is 2.70. The number of methoxy groups -OCH3 is 2. The summed E-state index contributed by atoms with van der Waals surface area (Å²) in [5.41, 5.74) is 1.21. The molecule has 0 aliphatic carbocycles. The summed E-state index contributed by atoms with van der Waals surface area (Å²) in [6, 6.07) is 8.57. The van der Waals surface area contributed by atoms with Crippen molar-refractivity contribution in [3.05, 3.63) is 56.6 Å². The predicted molar refractivity (Wildman–Crippen MR) is 95.2 cm³/mol. The lowest BCUT2D eigenvalue weighted by Gasteiger charge is -2.15. The molecule has 3 rings (SSSR count). The van der Waals surface area contributed by atoms with Gasteiger partial charge in [0.1, 0.15) is 0 Å². The molecule has 0 N–H and O–H groups in total. The minimum Gasteiger partial charge on any atom is -0.493 e. The second kappa shape index (κ2) is 6.34. The molecule has 124 valence electrons. The van der Waals surface area contributed by atoms with Crippen LogP contribution in [0.25, 0.3) is 16.6 Å². The Balaban J connectivity index is 2.46. The lowest BCUT2D eigenvalue weighted by Crippen LogP contribution is -2.22. The fourth-order valence-corrected chi connectivity index (χ4v) is 3.18. The molecule has 0 amide bonds. The van der Waals surface area contributed by atoms with Crippen molar-refractivity contribution >= 4 is 34.1 Å². The SMILES string of the molecule is COc1cc2nc(Cl)n(-c3ccccc3Cl)c(=O)c2c(C)c1OC. The summed E-state index contributed by atoms with van der Waals surface area (Å²) in [4.78, 5) is 17.4. The Morgan fingerprint density at radius 1 is 1.12 bits per heavy atom. The van der Waals surface area contributed by atoms with E-state index in [2.05, 4.69) is 4.98 Å². The topological polar surface area (TPSA) is 53.4 Å². The maximum absolute atomic E-state index is 13.1. The zero-order chi connectivity index (χ0) is 17.4. The van der Waals surface area contributed by atoms with Gasteiger partial charge in [0.05, 0.1) is 35.8 Å². The quantitative estimate of drug-likeness (QED) is 0.658. The molecule has 7 heteroatoms. The van der Waals surface area contributed by atoms with E-state index in [9.17, 15) is 4.79 Å². The molecule has 2 aromatic carbocycles. The number of para-hydroxylation sites is 1. The minimum absolute atomic E-state index is 0.0206. The van der Waals surface area contributed by atoms with Crippen LogP contribution in [-0.4, -0.2) is 23.8 Å². The van der Waals surface area contributed by atoms with E-state index in [1.54, 1.807) is 37.3 Å². The van der Waals surface area contributed by atoms with Gasteiger partial charge in [-0.3, -0.25) is 4.79 Å². The van der Waals surface area contributed by atoms with Gasteiger partial charge >= 0.3 is 0 Å². The van der Waals surface area contributed by atoms with Gasteiger partial charge in [-0.2, -0.15) is 0 Å². The van der Waals surface area contributed by atoms with Crippen molar-refractivity contribution in [2.45, 2.75) is 6.92 Å². The average molecular weight is 365 g/mol. The zero-order valence-corrected chi connectivity index (χ0v) is 14.8. The van der Waals surface area contributed by atoms with Gasteiger partial charge in [-0.25, -0.2) is 9.55 Å². The van der Waals surface area contributed by atoms with E-state index in [-0.39, 0.29) is 10.8 Å². The van der Waals surface area contributed by atoms with Gasteiger partial charge in [-0.05, 0) is 30.7 Å². The van der Waals surface area contributed by atoms with E-state index in [0.717, 1.165) is 0 Å². The summed E-state index contributed by atoms with van der Waals surface area (Å²) in [5.74, 6) is 0.970. The molecule has 0 saturated carbocycles. The Hall–Kier alpha value is -2.24. The molecule has 0 spiro atoms. The molecule has 1 heterocycles. The fraction of sp³-hybridized carbons (Fsp3) is 0.176. The van der Waals surface area contributed by atoms with Crippen molar-refractivity contribution in [2.75, 3.05) is 14.2 Å². The lowest BCUT2D eigenvalue weighted by molar-refractivity contribution is 0.354. The third kappa shape index (κ3) is 2.50. The van der Waals surface area contributed by atoms with Crippen molar-refractivity contribution in [3.8, 4) is 17.2 Å². The highest BCUT2D eigenvalue weighted by Crippen LogP contribution is 2.35. The molecule has 0 aliphatic rings. The molecule has 24 heavy (non-hydrogen) atoms. The van der Waals surface area contributed by atoms with Crippen LogP contribution in [0.5, 0.6) is 11.5 Å². The Labute approximate surface area is 148 Å². The highest BCUT2D eigenvalue weighted by molar-refractivity contribution is 6.33. The highest BCUT2D eigenvalue weighted by Gasteiger charge is 2.19. The maximum Gasteiger partial charge on any atom is 0.267 e. The molecule has 0 bridgehead atoms. The van der Waals surface area contributed by atoms with Gasteiger partial charge in [-0.1, -0.05) is 23.7 Å². The molecule has 0 saturated heterocycles. The summed E-state index contributed by atoms with van der Waals surface area (Å²) >= 11 is 12.5. The van der Waals surface area contributed by atoms with E-state index < -0.39 is 0 Å². The second-order valence-electron chi connectivity index (χ2n) is 5.10. The van der Waals surface area contributed by atoms with Crippen LogP contribution in [0.4, 0.5) is 0 Å². The van der Waals surface area contributed by atoms with Crippen LogP contribution in [-0.2, 0) is 0 Å². The second-order valence-corrected chi connectivity index (χ2v) is 5.85. The van der Waals surface area contributed by atoms with Crippen molar-refractivity contribution in [3.63, 3.8) is 0 Å². The predicted octanol–water partition coefficient (Wildman–Crippen LogP) is 4.02. The summed E-state index contributed by atoms with van der Waals surface area (Å²) in [6.07, 6.45) is 0. The van der Waals surface area contributed by atoms with Crippen LogP contribution < -0.4 is 15.0 Å². The first kappa shape index (κ1) is 16.6. The third-order valence-electron chi connectivity index (χ3n) is 3.79. The van der Waals surface area contributed by atoms with E-state index >= 15 is 0 Å². The van der Waals surface area contributed by atoms with Crippen LogP contribution in [0.3, 0.4) is 0 Å². The molecular weight excluding hydrogens is 351 g/mol. The molecule has 0 atom stereocenters. The van der Waals surface area contributed by atoms with Crippen molar-refractivity contribution in [1.29, 1.82) is 0 Å². The van der Waals surface area contributed by atoms with E-state index in [1.807, 2.05) is 0 Å². The number of benzene rings is 2. The normalized spacial score (nSPS) is 10.9. The zero-order valence-electron chi connectivity index (χ0n) is 13.3. The molecule has 0 fully saturated rings. The van der Waals surface area contributed by atoms with Crippen LogP contribution in [0.1, 0.15) is 5.56 Å². The lowest BCUT2D eigenvalue weighted by atomic mass is 10.1. The first-order chi connectivity index (χ1) is 11.5. The van der Waals surface area contributed by atoms with Crippen LogP contribution >= 0.6 is 23.2 Å². The Kier molecular flexibility index (Phi) is 4.39. The number of fused-ring (bicyclic) bond motifs is 1. The standard InChI is InChI=1S/C17H14Cl2N2O3/c1-9-14-11(8-13(23-2)15(9)24-3)20-17(19)21(16(14)22)12-7-5-4-6-10(12)18/h4-8H,1-3H3. The van der Waals surface area contributed by atoms with Gasteiger partial charge in [-0.15, -0.1) is 0 Å². The van der Waals surface area contributed by atoms with Crippen LogP contribution in [0.2, 0.25) is 10.3 Å². The van der Waals surface area contributed by atoms with Gasteiger partial charge in [0, 0.05) is 11.6 Å². The van der Waals surface area contributed by atoms with Crippen molar-refractivity contribution in [1.82, 2.24) is 9.55 Å². The highest BCUT2D eigenvalue weighted by atomic mass is 35.5. The molecule has 0 radical (unpaired) electrons. The Morgan fingerprint density at radius 3 is 2.46 bits per heavy atom. The van der Waals surface area contributed by atoms with Crippen LogP contribution in [0, 0.1) is 6.92 Å². The van der Waals surface area contributed by atoms with Gasteiger partial charge in [0.15, 0.2) is 11.5 Å². The van der Waals surface area contributed by atoms with Crippen molar-refractivity contribution < 1.29 is 9.47 Å². The summed E-state index contributed by atoms with van der Waals surface area (Å²) in [5, 5.41) is 0.824. The number of rotatable bonds is 3. The first-order valence-electron chi connectivity index (χ1n) is 7.08. The number of aromatic nitrogens is 2. The van der Waals surface area contributed by atoms with Crippen LogP contribution in [0.15, 0.2) is 35.1 Å². The number of nitrogens with zero attached hydrogens (tertiary/aromatic N) is 2. The van der Waals surface area contributed by atoms with E-state index in [1.165, 1.54) is 18.8 Å². The number of ether oxygens (including phenoxy) is 2. The molecule has 5 nitrogen and oxygen atoms in total. The van der Waals surface area contributed by atoms with Gasteiger partial charge in [0.2, 0.25) is 5.28 Å². The van der Waals surface area contributed by atoms with Gasteiger partial charge in [0.25, 0.3) is 5.56 Å². The van der Waals surface area contributed by atoms with E-state index in [4.69, 9.17) is 32.7 Å². The molecule has 3 aromatic rings. The number of hydrogen-bond acceptors (Lipinski definition) is 4. The molecular formula is C17H14Cl2N2O3. The summed E-state index contributed by atoms with van der Waals surface area (Å²) in [7, 11) is 3.04. The number of hydrogen-bond donors (Lipinski definition) is 0. The van der Waals surface area contributed by atoms with Crippen molar-refractivity contribution in [2.24, 2.45) is 0 Å². The third-order valence-corrected chi connectivity index (χ3v) is 4.37. The largest absolute Gasteiger partial charge is 0.493 e. The van der Waals surface area contributed by atoms with Gasteiger partial charge < -0.3 is 9.47 Å². The molecule has 1 aromatic heterocycles. The smallest absolute Gasteiger partial charge is 0.267 e. The van der Waals surface area contributed by atoms with E-state index in [0.29, 0.717) is 38.7 Å². The summed E-state index contributed by atoms with van der Waals surface area (Å²) < 4.78 is 12.0.